The standard InChI is InChI=1S/C17H25NO3/c1-2-19-14-5-3-4-6-15(14)20-10-9-17(12-18)11-13-7-8-16(17)21-13/h3-6,13,16H,2,7-12,18H2,1H3. The predicted molar refractivity (Wildman–Crippen MR) is 81.7 cm³/mol. The lowest BCUT2D eigenvalue weighted by molar-refractivity contribution is 0.0528. The Morgan fingerprint density at radius 1 is 1.24 bits per heavy atom. The highest BCUT2D eigenvalue weighted by Crippen LogP contribution is 2.49. The summed E-state index contributed by atoms with van der Waals surface area (Å²) in [6, 6.07) is 7.83. The maximum atomic E-state index is 6.05. The van der Waals surface area contributed by atoms with Crippen LogP contribution in [0.5, 0.6) is 11.5 Å². The van der Waals surface area contributed by atoms with Crippen molar-refractivity contribution in [1.29, 1.82) is 0 Å². The molecule has 3 unspecified atom stereocenters. The summed E-state index contributed by atoms with van der Waals surface area (Å²) in [4.78, 5) is 0. The molecule has 0 aliphatic carbocycles. The average molecular weight is 291 g/mol. The van der Waals surface area contributed by atoms with E-state index in [0.29, 0.717) is 32.0 Å². The van der Waals surface area contributed by atoms with Crippen LogP contribution in [0.3, 0.4) is 0 Å². The molecule has 4 heteroatoms. The van der Waals surface area contributed by atoms with Gasteiger partial charge in [-0.05, 0) is 44.7 Å². The third-order valence-electron chi connectivity index (χ3n) is 4.84. The smallest absolute Gasteiger partial charge is 0.161 e. The molecule has 0 radical (unpaired) electrons. The van der Waals surface area contributed by atoms with Crippen molar-refractivity contribution in [2.75, 3.05) is 19.8 Å². The number of fused-ring (bicyclic) bond motifs is 2. The van der Waals surface area contributed by atoms with Gasteiger partial charge in [-0.15, -0.1) is 0 Å². The first-order chi connectivity index (χ1) is 10.3. The van der Waals surface area contributed by atoms with E-state index < -0.39 is 0 Å². The molecule has 3 rings (SSSR count). The summed E-state index contributed by atoms with van der Waals surface area (Å²) >= 11 is 0. The highest BCUT2D eigenvalue weighted by molar-refractivity contribution is 5.39. The third-order valence-corrected chi connectivity index (χ3v) is 4.84. The Bertz CT molecular complexity index is 479. The first-order valence-corrected chi connectivity index (χ1v) is 7.97. The van der Waals surface area contributed by atoms with E-state index in [1.54, 1.807) is 0 Å². The minimum atomic E-state index is 0.115. The van der Waals surface area contributed by atoms with E-state index in [2.05, 4.69) is 0 Å². The monoisotopic (exact) mass is 291 g/mol. The number of para-hydroxylation sites is 2. The third kappa shape index (κ3) is 2.87. The van der Waals surface area contributed by atoms with Gasteiger partial charge in [0.05, 0.1) is 25.4 Å². The largest absolute Gasteiger partial charge is 0.490 e. The predicted octanol–water partition coefficient (Wildman–Crippen LogP) is 2.75. The Balaban J connectivity index is 1.58. The molecule has 0 aromatic heterocycles. The average Bonchev–Trinajstić information content (AvgIpc) is 3.10. The maximum Gasteiger partial charge on any atom is 0.161 e. The van der Waals surface area contributed by atoms with E-state index in [-0.39, 0.29) is 5.41 Å². The fourth-order valence-electron chi connectivity index (χ4n) is 3.68. The molecule has 3 atom stereocenters. The van der Waals surface area contributed by atoms with Crippen LogP contribution >= 0.6 is 0 Å². The topological polar surface area (TPSA) is 53.7 Å². The van der Waals surface area contributed by atoms with Gasteiger partial charge in [0.2, 0.25) is 0 Å². The van der Waals surface area contributed by atoms with E-state index in [1.165, 1.54) is 6.42 Å². The summed E-state index contributed by atoms with van der Waals surface area (Å²) in [5.74, 6) is 1.63. The number of rotatable bonds is 7. The van der Waals surface area contributed by atoms with Gasteiger partial charge >= 0.3 is 0 Å². The first-order valence-electron chi connectivity index (χ1n) is 7.97. The van der Waals surface area contributed by atoms with Crippen LogP contribution in [-0.4, -0.2) is 32.0 Å². The van der Waals surface area contributed by atoms with Gasteiger partial charge in [-0.3, -0.25) is 0 Å². The van der Waals surface area contributed by atoms with E-state index in [9.17, 15) is 0 Å². The number of hydrogen-bond acceptors (Lipinski definition) is 4. The summed E-state index contributed by atoms with van der Waals surface area (Å²) in [5.41, 5.74) is 6.17. The molecule has 2 saturated heterocycles. The van der Waals surface area contributed by atoms with Gasteiger partial charge in [0, 0.05) is 12.0 Å². The molecule has 4 nitrogen and oxygen atoms in total. The molecule has 1 aromatic rings. The Morgan fingerprint density at radius 2 is 2.00 bits per heavy atom. The van der Waals surface area contributed by atoms with E-state index in [4.69, 9.17) is 19.9 Å². The van der Waals surface area contributed by atoms with Crippen molar-refractivity contribution in [2.24, 2.45) is 11.1 Å². The highest BCUT2D eigenvalue weighted by Gasteiger charge is 2.51. The van der Waals surface area contributed by atoms with Crippen LogP contribution in [0.25, 0.3) is 0 Å². The van der Waals surface area contributed by atoms with E-state index >= 15 is 0 Å². The van der Waals surface area contributed by atoms with Crippen LogP contribution in [0.1, 0.15) is 32.6 Å². The molecule has 2 bridgehead atoms. The lowest BCUT2D eigenvalue weighted by Gasteiger charge is -2.34. The fourth-order valence-corrected chi connectivity index (χ4v) is 3.68. The quantitative estimate of drug-likeness (QED) is 0.839. The van der Waals surface area contributed by atoms with Crippen molar-refractivity contribution < 1.29 is 14.2 Å². The van der Waals surface area contributed by atoms with Crippen LogP contribution in [0.2, 0.25) is 0 Å². The van der Waals surface area contributed by atoms with E-state index in [0.717, 1.165) is 30.8 Å². The molecule has 116 valence electrons. The van der Waals surface area contributed by atoms with Crippen LogP contribution in [0.15, 0.2) is 24.3 Å². The SMILES string of the molecule is CCOc1ccccc1OCCC1(CN)CC2CCC1O2. The molecule has 2 aliphatic heterocycles. The van der Waals surface area contributed by atoms with Gasteiger partial charge in [-0.2, -0.15) is 0 Å². The Kier molecular flexibility index (Phi) is 4.36. The molecule has 2 aliphatic rings. The Morgan fingerprint density at radius 3 is 2.57 bits per heavy atom. The molecule has 21 heavy (non-hydrogen) atoms. The maximum absolute atomic E-state index is 6.05. The summed E-state index contributed by atoms with van der Waals surface area (Å²) < 4.78 is 17.5. The zero-order valence-corrected chi connectivity index (χ0v) is 12.7. The van der Waals surface area contributed by atoms with Crippen molar-refractivity contribution in [1.82, 2.24) is 0 Å². The second-order valence-electron chi connectivity index (χ2n) is 6.07. The van der Waals surface area contributed by atoms with Gasteiger partial charge in [0.1, 0.15) is 0 Å². The van der Waals surface area contributed by atoms with Crippen molar-refractivity contribution >= 4 is 0 Å². The normalized spacial score (nSPS) is 30.6. The Labute approximate surface area is 126 Å². The summed E-state index contributed by atoms with van der Waals surface area (Å²) in [6.45, 7) is 3.97. The minimum Gasteiger partial charge on any atom is -0.490 e. The van der Waals surface area contributed by atoms with Crippen molar-refractivity contribution in [2.45, 2.75) is 44.8 Å². The van der Waals surface area contributed by atoms with Crippen LogP contribution in [0, 0.1) is 5.41 Å². The van der Waals surface area contributed by atoms with Crippen molar-refractivity contribution in [3.8, 4) is 11.5 Å². The summed E-state index contributed by atoms with van der Waals surface area (Å²) in [6.07, 6.45) is 5.14. The van der Waals surface area contributed by atoms with Crippen LogP contribution < -0.4 is 15.2 Å². The second kappa shape index (κ2) is 6.24. The van der Waals surface area contributed by atoms with Gasteiger partial charge in [-0.1, -0.05) is 12.1 Å². The van der Waals surface area contributed by atoms with Crippen molar-refractivity contribution in [3.63, 3.8) is 0 Å². The first kappa shape index (κ1) is 14.7. The van der Waals surface area contributed by atoms with Gasteiger partial charge < -0.3 is 19.9 Å². The molecule has 2 heterocycles. The van der Waals surface area contributed by atoms with Gasteiger partial charge in [-0.25, -0.2) is 0 Å². The zero-order valence-electron chi connectivity index (χ0n) is 12.7. The fraction of sp³-hybridized carbons (Fsp3) is 0.647. The van der Waals surface area contributed by atoms with Gasteiger partial charge in [0.15, 0.2) is 11.5 Å². The summed E-state index contributed by atoms with van der Waals surface area (Å²) in [5, 5.41) is 0. The molecule has 2 N–H and O–H groups in total. The molecule has 0 amide bonds. The number of benzene rings is 1. The zero-order chi connectivity index (χ0) is 14.7. The Hall–Kier alpha value is -1.26. The molecule has 1 aromatic carbocycles. The highest BCUT2D eigenvalue weighted by atomic mass is 16.5. The molecule has 2 fully saturated rings. The van der Waals surface area contributed by atoms with Crippen LogP contribution in [-0.2, 0) is 4.74 Å². The van der Waals surface area contributed by atoms with E-state index in [1.807, 2.05) is 31.2 Å². The summed E-state index contributed by atoms with van der Waals surface area (Å²) in [7, 11) is 0. The second-order valence-corrected chi connectivity index (χ2v) is 6.07. The molecular weight excluding hydrogens is 266 g/mol. The molecule has 0 spiro atoms. The lowest BCUT2D eigenvalue weighted by atomic mass is 9.72. The van der Waals surface area contributed by atoms with Crippen LogP contribution in [0.4, 0.5) is 0 Å². The number of hydrogen-bond donors (Lipinski definition) is 1. The lowest BCUT2D eigenvalue weighted by Crippen LogP contribution is -2.40. The molecule has 0 saturated carbocycles. The molecular formula is C17H25NO3. The minimum absolute atomic E-state index is 0.115. The number of ether oxygens (including phenoxy) is 3. The number of nitrogens with two attached hydrogens (primary N) is 1. The van der Waals surface area contributed by atoms with Gasteiger partial charge in [0.25, 0.3) is 0 Å². The van der Waals surface area contributed by atoms with Crippen molar-refractivity contribution in [3.05, 3.63) is 24.3 Å².